The zero-order chi connectivity index (χ0) is 11.6. The topological polar surface area (TPSA) is 76.0 Å². The van der Waals surface area contributed by atoms with Crippen LogP contribution in [0.1, 0.15) is 17.7 Å². The second kappa shape index (κ2) is 4.35. The van der Waals surface area contributed by atoms with Crippen LogP contribution in [0.2, 0.25) is 0 Å². The number of pyridine rings is 1. The van der Waals surface area contributed by atoms with Gasteiger partial charge in [-0.25, -0.2) is 8.78 Å². The van der Waals surface area contributed by atoms with E-state index in [0.29, 0.717) is 6.20 Å². The lowest BCUT2D eigenvalue weighted by Gasteiger charge is -2.04. The average molecular weight is 239 g/mol. The predicted molar refractivity (Wildman–Crippen MR) is 48.2 cm³/mol. The van der Waals surface area contributed by atoms with E-state index in [1.54, 1.807) is 0 Å². The van der Waals surface area contributed by atoms with Crippen LogP contribution >= 0.6 is 11.6 Å². The summed E-state index contributed by atoms with van der Waals surface area (Å²) in [6.45, 7) is 0. The molecule has 0 aromatic carbocycles. The van der Waals surface area contributed by atoms with Crippen molar-refractivity contribution in [2.45, 2.75) is 12.3 Å². The highest BCUT2D eigenvalue weighted by Gasteiger charge is 2.22. The van der Waals surface area contributed by atoms with Crippen molar-refractivity contribution in [2.24, 2.45) is 0 Å². The summed E-state index contributed by atoms with van der Waals surface area (Å²) in [6.07, 6.45) is -2.29. The van der Waals surface area contributed by atoms with E-state index in [9.17, 15) is 23.7 Å². The molecule has 0 fully saturated rings. The first-order valence-corrected chi connectivity index (χ1v) is 4.25. The molecule has 0 radical (unpaired) electrons. The number of nitrogens with one attached hydrogen (secondary N) is 1. The van der Waals surface area contributed by atoms with Crippen LogP contribution in [-0.2, 0) is 5.88 Å². The van der Waals surface area contributed by atoms with Crippen LogP contribution in [0, 0.1) is 10.1 Å². The molecule has 0 aliphatic rings. The van der Waals surface area contributed by atoms with Gasteiger partial charge in [0.25, 0.3) is 11.9 Å². The molecule has 0 aliphatic heterocycles. The largest absolute Gasteiger partial charge is 0.354 e. The van der Waals surface area contributed by atoms with Crippen molar-refractivity contribution in [3.8, 4) is 0 Å². The third-order valence-corrected chi connectivity index (χ3v) is 2.01. The Morgan fingerprint density at radius 3 is 2.60 bits per heavy atom. The van der Waals surface area contributed by atoms with Gasteiger partial charge in [-0.1, -0.05) is 0 Å². The molecule has 15 heavy (non-hydrogen) atoms. The van der Waals surface area contributed by atoms with Gasteiger partial charge in [0, 0.05) is 5.56 Å². The average Bonchev–Trinajstić information content (AvgIpc) is 2.16. The van der Waals surface area contributed by atoms with Crippen molar-refractivity contribution in [1.29, 1.82) is 0 Å². The Bertz CT molecular complexity index is 446. The number of aromatic amines is 1. The smallest absolute Gasteiger partial charge is 0.332 e. The minimum atomic E-state index is -2.92. The Balaban J connectivity index is 3.46. The summed E-state index contributed by atoms with van der Waals surface area (Å²) in [5.74, 6) is -0.503. The van der Waals surface area contributed by atoms with Gasteiger partial charge < -0.3 is 4.98 Å². The number of H-pyrrole nitrogens is 1. The molecule has 0 atom stereocenters. The molecular weight excluding hydrogens is 234 g/mol. The van der Waals surface area contributed by atoms with E-state index in [-0.39, 0.29) is 0 Å². The highest BCUT2D eigenvalue weighted by atomic mass is 35.5. The van der Waals surface area contributed by atoms with Crippen LogP contribution in [0.25, 0.3) is 0 Å². The number of nitro groups is 1. The Morgan fingerprint density at radius 1 is 1.60 bits per heavy atom. The van der Waals surface area contributed by atoms with Crippen molar-refractivity contribution in [3.05, 3.63) is 37.8 Å². The molecule has 82 valence electrons. The molecule has 1 heterocycles. The number of hydrogen-bond acceptors (Lipinski definition) is 3. The van der Waals surface area contributed by atoms with E-state index in [0.717, 1.165) is 0 Å². The number of halogens is 3. The SMILES string of the molecule is O=c1c([N+](=O)[O-])c[nH]c(C(F)F)c1CCl. The summed E-state index contributed by atoms with van der Waals surface area (Å²) in [5, 5.41) is 10.3. The van der Waals surface area contributed by atoms with Crippen molar-refractivity contribution < 1.29 is 13.7 Å². The van der Waals surface area contributed by atoms with E-state index in [2.05, 4.69) is 0 Å². The molecule has 5 nitrogen and oxygen atoms in total. The minimum Gasteiger partial charge on any atom is -0.354 e. The molecule has 0 spiro atoms. The summed E-state index contributed by atoms with van der Waals surface area (Å²) in [5.41, 5.74) is -3.03. The lowest BCUT2D eigenvalue weighted by atomic mass is 10.2. The number of hydrogen-bond donors (Lipinski definition) is 1. The molecule has 0 amide bonds. The Kier molecular flexibility index (Phi) is 3.35. The molecule has 1 aromatic heterocycles. The third-order valence-electron chi connectivity index (χ3n) is 1.74. The van der Waals surface area contributed by atoms with E-state index < -0.39 is 39.6 Å². The summed E-state index contributed by atoms with van der Waals surface area (Å²) < 4.78 is 24.7. The molecule has 0 saturated heterocycles. The van der Waals surface area contributed by atoms with Crippen molar-refractivity contribution in [2.75, 3.05) is 0 Å². The van der Waals surface area contributed by atoms with Gasteiger partial charge in [-0.15, -0.1) is 11.6 Å². The lowest BCUT2D eigenvalue weighted by molar-refractivity contribution is -0.386. The molecule has 8 heteroatoms. The first kappa shape index (κ1) is 11.6. The van der Waals surface area contributed by atoms with E-state index in [1.165, 1.54) is 0 Å². The van der Waals surface area contributed by atoms with Crippen LogP contribution in [-0.4, -0.2) is 9.91 Å². The molecule has 0 aliphatic carbocycles. The van der Waals surface area contributed by atoms with E-state index >= 15 is 0 Å². The molecule has 1 rings (SSSR count). The van der Waals surface area contributed by atoms with Gasteiger partial charge in [0.05, 0.1) is 22.7 Å². The van der Waals surface area contributed by atoms with Crippen LogP contribution < -0.4 is 5.43 Å². The number of rotatable bonds is 3. The quantitative estimate of drug-likeness (QED) is 0.497. The fraction of sp³-hybridized carbons (Fsp3) is 0.286. The van der Waals surface area contributed by atoms with Crippen LogP contribution in [0.15, 0.2) is 11.0 Å². The highest BCUT2D eigenvalue weighted by molar-refractivity contribution is 6.17. The van der Waals surface area contributed by atoms with Gasteiger partial charge in [0.2, 0.25) is 0 Å². The fourth-order valence-corrected chi connectivity index (χ4v) is 1.30. The molecule has 0 bridgehead atoms. The summed E-state index contributed by atoms with van der Waals surface area (Å²) >= 11 is 5.28. The molecular formula is C7H5ClF2N2O3. The van der Waals surface area contributed by atoms with Gasteiger partial charge in [0.15, 0.2) is 0 Å². The lowest BCUT2D eigenvalue weighted by Crippen LogP contribution is -2.16. The Morgan fingerprint density at radius 2 is 2.20 bits per heavy atom. The summed E-state index contributed by atoms with van der Waals surface area (Å²) in [7, 11) is 0. The molecule has 1 N–H and O–H groups in total. The summed E-state index contributed by atoms with van der Waals surface area (Å²) in [4.78, 5) is 22.7. The first-order chi connectivity index (χ1) is 6.99. The fourth-order valence-electron chi connectivity index (χ4n) is 1.04. The second-order valence-corrected chi connectivity index (χ2v) is 2.85. The van der Waals surface area contributed by atoms with Gasteiger partial charge in [0.1, 0.15) is 0 Å². The zero-order valence-corrected chi connectivity index (χ0v) is 7.92. The summed E-state index contributed by atoms with van der Waals surface area (Å²) in [6, 6.07) is 0. The highest BCUT2D eigenvalue weighted by Crippen LogP contribution is 2.21. The Hall–Kier alpha value is -1.50. The zero-order valence-electron chi connectivity index (χ0n) is 7.17. The molecule has 1 aromatic rings. The molecule has 0 unspecified atom stereocenters. The van der Waals surface area contributed by atoms with Crippen LogP contribution in [0.3, 0.4) is 0 Å². The van der Waals surface area contributed by atoms with Gasteiger partial charge in [-0.3, -0.25) is 14.9 Å². The van der Waals surface area contributed by atoms with Crippen molar-refractivity contribution in [3.63, 3.8) is 0 Å². The number of nitrogens with zero attached hydrogens (tertiary/aromatic N) is 1. The number of alkyl halides is 3. The van der Waals surface area contributed by atoms with E-state index in [4.69, 9.17) is 11.6 Å². The monoisotopic (exact) mass is 238 g/mol. The van der Waals surface area contributed by atoms with Crippen LogP contribution in [0.5, 0.6) is 0 Å². The van der Waals surface area contributed by atoms with Crippen molar-refractivity contribution in [1.82, 2.24) is 4.98 Å². The standard InChI is InChI=1S/C7H5ClF2N2O3/c8-1-3-5(7(9)10)11-2-4(6(3)13)12(14)15/h2,7H,1H2,(H,11,13). The molecule has 0 saturated carbocycles. The maximum Gasteiger partial charge on any atom is 0.332 e. The van der Waals surface area contributed by atoms with E-state index in [1.807, 2.05) is 4.98 Å². The third kappa shape index (κ3) is 2.12. The maximum absolute atomic E-state index is 12.3. The normalized spacial score (nSPS) is 10.7. The first-order valence-electron chi connectivity index (χ1n) is 3.72. The maximum atomic E-state index is 12.3. The Labute approximate surface area is 86.8 Å². The van der Waals surface area contributed by atoms with Crippen LogP contribution in [0.4, 0.5) is 14.5 Å². The predicted octanol–water partition coefficient (Wildman–Crippen LogP) is 1.96. The van der Waals surface area contributed by atoms with Gasteiger partial charge in [-0.2, -0.15) is 0 Å². The van der Waals surface area contributed by atoms with Gasteiger partial charge >= 0.3 is 5.69 Å². The van der Waals surface area contributed by atoms with Crippen molar-refractivity contribution >= 4 is 17.3 Å². The number of aromatic nitrogens is 1. The van der Waals surface area contributed by atoms with Gasteiger partial charge in [-0.05, 0) is 0 Å². The second-order valence-electron chi connectivity index (χ2n) is 2.59. The minimum absolute atomic E-state index is 0.471.